The van der Waals surface area contributed by atoms with E-state index in [1.807, 2.05) is 48.5 Å². The number of benzene rings is 4. The van der Waals surface area contributed by atoms with Gasteiger partial charge >= 0.3 is 0 Å². The summed E-state index contributed by atoms with van der Waals surface area (Å²) in [6, 6.07) is 25.8. The van der Waals surface area contributed by atoms with Gasteiger partial charge in [0.2, 0.25) is 9.84 Å². The predicted octanol–water partition coefficient (Wildman–Crippen LogP) is 5.17. The first-order valence-electron chi connectivity index (χ1n) is 11.3. The van der Waals surface area contributed by atoms with Gasteiger partial charge in [-0.05, 0) is 66.2 Å². The maximum atomic E-state index is 13.1. The first-order chi connectivity index (χ1) is 17.8. The summed E-state index contributed by atoms with van der Waals surface area (Å²) in [6.07, 6.45) is 0. The average molecular weight is 531 g/mol. The number of sulfone groups is 1. The summed E-state index contributed by atoms with van der Waals surface area (Å²) < 4.78 is 31.6. The standard InChI is InChI=1S/C28H22N2O5S2/c1-35-20-7-5-9-22(16-20)36-21-8-4-6-18(14-21)17-29-27(31)19-12-13-26-24(15-19)30-28(32)23-10-2-3-11-25(23)37(26,33)34/h2-16H,17H2,1H3,(H,29,31)(H,30,32). The SMILES string of the molecule is COc1cccc(Sc2cccc(CNC(=O)c3ccc4c(c3)NC(=O)c3ccccc3S4(=O)=O)c2)c1. The Labute approximate surface area is 218 Å². The Morgan fingerprint density at radius 1 is 0.892 bits per heavy atom. The Hall–Kier alpha value is -4.08. The third-order valence-corrected chi connectivity index (χ3v) is 8.68. The topological polar surface area (TPSA) is 102 Å². The van der Waals surface area contributed by atoms with Crippen LogP contribution in [0.15, 0.2) is 111 Å². The van der Waals surface area contributed by atoms with E-state index in [1.165, 1.54) is 30.3 Å². The highest BCUT2D eigenvalue weighted by Crippen LogP contribution is 2.34. The first-order valence-corrected chi connectivity index (χ1v) is 13.6. The minimum absolute atomic E-state index is 0.0513. The lowest BCUT2D eigenvalue weighted by Crippen LogP contribution is -2.23. The second-order valence-corrected chi connectivity index (χ2v) is 11.3. The molecule has 0 unspecified atom stereocenters. The van der Waals surface area contributed by atoms with Crippen LogP contribution in [0.3, 0.4) is 0 Å². The van der Waals surface area contributed by atoms with Gasteiger partial charge in [-0.3, -0.25) is 9.59 Å². The maximum absolute atomic E-state index is 13.1. The van der Waals surface area contributed by atoms with Crippen LogP contribution in [0.4, 0.5) is 5.69 Å². The summed E-state index contributed by atoms with van der Waals surface area (Å²) in [7, 11) is -2.30. The van der Waals surface area contributed by atoms with Crippen LogP contribution in [0.25, 0.3) is 0 Å². The molecule has 1 heterocycles. The summed E-state index contributed by atoms with van der Waals surface area (Å²) in [5.41, 5.74) is 1.28. The largest absolute Gasteiger partial charge is 0.497 e. The van der Waals surface area contributed by atoms with E-state index in [0.717, 1.165) is 21.1 Å². The van der Waals surface area contributed by atoms with Crippen molar-refractivity contribution in [1.29, 1.82) is 0 Å². The summed E-state index contributed by atoms with van der Waals surface area (Å²) >= 11 is 1.58. The van der Waals surface area contributed by atoms with Gasteiger partial charge in [0.25, 0.3) is 11.8 Å². The number of carbonyl (C=O) groups is 2. The lowest BCUT2D eigenvalue weighted by Gasteiger charge is -2.11. The van der Waals surface area contributed by atoms with Crippen LogP contribution in [-0.2, 0) is 16.4 Å². The van der Waals surface area contributed by atoms with Crippen molar-refractivity contribution in [3.05, 3.63) is 108 Å². The van der Waals surface area contributed by atoms with E-state index in [4.69, 9.17) is 4.74 Å². The Morgan fingerprint density at radius 2 is 1.65 bits per heavy atom. The summed E-state index contributed by atoms with van der Waals surface area (Å²) in [5, 5.41) is 5.50. The third kappa shape index (κ3) is 5.09. The molecule has 0 fully saturated rings. The molecule has 4 aromatic rings. The zero-order chi connectivity index (χ0) is 26.0. The van der Waals surface area contributed by atoms with E-state index < -0.39 is 15.7 Å². The molecule has 1 aliphatic rings. The molecule has 0 atom stereocenters. The smallest absolute Gasteiger partial charge is 0.257 e. The van der Waals surface area contributed by atoms with E-state index >= 15 is 0 Å². The van der Waals surface area contributed by atoms with E-state index in [-0.39, 0.29) is 39.1 Å². The van der Waals surface area contributed by atoms with Crippen LogP contribution in [0.1, 0.15) is 26.3 Å². The fraction of sp³-hybridized carbons (Fsp3) is 0.0714. The molecule has 7 nitrogen and oxygen atoms in total. The van der Waals surface area contributed by atoms with Gasteiger partial charge in [-0.15, -0.1) is 0 Å². The zero-order valence-corrected chi connectivity index (χ0v) is 21.4. The molecule has 1 aliphatic heterocycles. The molecule has 0 bridgehead atoms. The number of hydrogen-bond donors (Lipinski definition) is 2. The first kappa shape index (κ1) is 24.6. The van der Waals surface area contributed by atoms with E-state index in [0.29, 0.717) is 0 Å². The molecule has 37 heavy (non-hydrogen) atoms. The van der Waals surface area contributed by atoms with Crippen molar-refractivity contribution in [2.45, 2.75) is 26.1 Å². The van der Waals surface area contributed by atoms with E-state index in [2.05, 4.69) is 10.6 Å². The highest BCUT2D eigenvalue weighted by atomic mass is 32.2. The number of anilines is 1. The molecule has 4 aromatic carbocycles. The second kappa shape index (κ2) is 10.1. The van der Waals surface area contributed by atoms with Gasteiger partial charge in [-0.1, -0.05) is 42.1 Å². The number of rotatable bonds is 6. The van der Waals surface area contributed by atoms with Crippen molar-refractivity contribution in [2.24, 2.45) is 0 Å². The van der Waals surface area contributed by atoms with Crippen molar-refractivity contribution in [2.75, 3.05) is 12.4 Å². The second-order valence-electron chi connectivity index (χ2n) is 8.28. The number of ether oxygens (including phenoxy) is 1. The molecule has 9 heteroatoms. The number of fused-ring (bicyclic) bond motifs is 2. The predicted molar refractivity (Wildman–Crippen MR) is 141 cm³/mol. The van der Waals surface area contributed by atoms with Gasteiger partial charge in [0.15, 0.2) is 0 Å². The summed E-state index contributed by atoms with van der Waals surface area (Å²) in [5.74, 6) is -0.148. The fourth-order valence-electron chi connectivity index (χ4n) is 4.00. The van der Waals surface area contributed by atoms with Crippen molar-refractivity contribution in [3.8, 4) is 5.75 Å². The zero-order valence-electron chi connectivity index (χ0n) is 19.7. The Kier molecular flexibility index (Phi) is 6.73. The minimum Gasteiger partial charge on any atom is -0.497 e. The number of carbonyl (C=O) groups excluding carboxylic acids is 2. The Bertz CT molecular complexity index is 1630. The van der Waals surface area contributed by atoms with Crippen molar-refractivity contribution in [3.63, 3.8) is 0 Å². The van der Waals surface area contributed by atoms with Crippen molar-refractivity contribution >= 4 is 39.1 Å². The molecule has 5 rings (SSSR count). The molecule has 0 aromatic heterocycles. The molecule has 186 valence electrons. The quantitative estimate of drug-likeness (QED) is 0.356. The lowest BCUT2D eigenvalue weighted by atomic mass is 10.1. The van der Waals surface area contributed by atoms with Crippen LogP contribution in [-0.4, -0.2) is 27.3 Å². The van der Waals surface area contributed by atoms with Crippen LogP contribution in [0, 0.1) is 0 Å². The normalized spacial score (nSPS) is 13.5. The highest BCUT2D eigenvalue weighted by molar-refractivity contribution is 7.99. The minimum atomic E-state index is -3.93. The van der Waals surface area contributed by atoms with Gasteiger partial charge in [0.1, 0.15) is 5.75 Å². The van der Waals surface area contributed by atoms with Crippen LogP contribution in [0.5, 0.6) is 5.75 Å². The molecule has 0 aliphatic carbocycles. The fourth-order valence-corrected chi connectivity index (χ4v) is 6.55. The van der Waals surface area contributed by atoms with Crippen LogP contribution >= 0.6 is 11.8 Å². The van der Waals surface area contributed by atoms with Crippen LogP contribution in [0.2, 0.25) is 0 Å². The van der Waals surface area contributed by atoms with Crippen molar-refractivity contribution in [1.82, 2.24) is 5.32 Å². The molecule has 2 N–H and O–H groups in total. The highest BCUT2D eigenvalue weighted by Gasteiger charge is 2.31. The molecule has 0 spiro atoms. The monoisotopic (exact) mass is 530 g/mol. The van der Waals surface area contributed by atoms with Gasteiger partial charge in [-0.2, -0.15) is 0 Å². The summed E-state index contributed by atoms with van der Waals surface area (Å²) in [4.78, 5) is 27.5. The molecule has 0 radical (unpaired) electrons. The number of hydrogen-bond acceptors (Lipinski definition) is 6. The Balaban J connectivity index is 1.32. The number of amides is 2. The van der Waals surface area contributed by atoms with E-state index in [1.54, 1.807) is 31.0 Å². The van der Waals surface area contributed by atoms with Crippen LogP contribution < -0.4 is 15.4 Å². The van der Waals surface area contributed by atoms with Gasteiger partial charge in [0.05, 0.1) is 28.2 Å². The lowest BCUT2D eigenvalue weighted by molar-refractivity contribution is 0.0949. The molecular weight excluding hydrogens is 508 g/mol. The Morgan fingerprint density at radius 3 is 2.46 bits per heavy atom. The number of nitrogens with one attached hydrogen (secondary N) is 2. The van der Waals surface area contributed by atoms with Crippen molar-refractivity contribution < 1.29 is 22.7 Å². The van der Waals surface area contributed by atoms with E-state index in [9.17, 15) is 18.0 Å². The maximum Gasteiger partial charge on any atom is 0.257 e. The van der Waals surface area contributed by atoms with Gasteiger partial charge in [0, 0.05) is 21.9 Å². The average Bonchev–Trinajstić information content (AvgIpc) is 2.99. The van der Waals surface area contributed by atoms with Gasteiger partial charge in [-0.25, -0.2) is 8.42 Å². The molecule has 0 saturated heterocycles. The summed E-state index contributed by atoms with van der Waals surface area (Å²) in [6.45, 7) is 0.276. The third-order valence-electron chi connectivity index (χ3n) is 5.83. The number of methoxy groups -OCH3 is 1. The van der Waals surface area contributed by atoms with Gasteiger partial charge < -0.3 is 15.4 Å². The molecular formula is C28H22N2O5S2. The molecule has 0 saturated carbocycles. The molecule has 2 amide bonds.